The molecule has 0 amide bonds. The number of ether oxygens (including phenoxy) is 6. The van der Waals surface area contributed by atoms with Crippen LogP contribution in [0.1, 0.15) is 75.7 Å². The van der Waals surface area contributed by atoms with Crippen molar-refractivity contribution in [2.45, 2.75) is 84.2 Å². The van der Waals surface area contributed by atoms with E-state index in [-0.39, 0.29) is 58.5 Å². The second-order valence-electron chi connectivity index (χ2n) is 14.3. The van der Waals surface area contributed by atoms with Crippen LogP contribution in [-0.2, 0) is 52.9 Å². The first kappa shape index (κ1) is 42.9. The molecule has 56 heavy (non-hydrogen) atoms. The Kier molecular flexibility index (Phi) is 14.8. The van der Waals surface area contributed by atoms with Gasteiger partial charge in [-0.2, -0.15) is 8.78 Å². The topological polar surface area (TPSA) is 163 Å². The highest BCUT2D eigenvalue weighted by Gasteiger charge is 2.28. The van der Waals surface area contributed by atoms with Gasteiger partial charge in [-0.3, -0.25) is 27.9 Å². The first-order chi connectivity index (χ1) is 26.5. The fourth-order valence-corrected chi connectivity index (χ4v) is 6.31. The second kappa shape index (κ2) is 19.3. The average molecular weight is 843 g/mol. The Morgan fingerprint density at radius 3 is 2.14 bits per heavy atom. The molecule has 1 unspecified atom stereocenters. The number of carbonyl (C=O) groups excluding carboxylic acids is 3. The van der Waals surface area contributed by atoms with E-state index in [0.717, 1.165) is 30.0 Å². The zero-order valence-corrected chi connectivity index (χ0v) is 33.1. The lowest BCUT2D eigenvalue weighted by Gasteiger charge is -2.29. The van der Waals surface area contributed by atoms with E-state index in [1.165, 1.54) is 48.8 Å². The summed E-state index contributed by atoms with van der Waals surface area (Å²) in [5, 5.41) is 0.364. The van der Waals surface area contributed by atoms with Gasteiger partial charge in [0.1, 0.15) is 37.0 Å². The van der Waals surface area contributed by atoms with E-state index < -0.39 is 60.5 Å². The number of rotatable bonds is 20. The molecule has 18 heteroatoms. The summed E-state index contributed by atoms with van der Waals surface area (Å²) in [5.41, 5.74) is 0.346. The van der Waals surface area contributed by atoms with Gasteiger partial charge < -0.3 is 33.0 Å². The summed E-state index contributed by atoms with van der Waals surface area (Å²) in [6.07, 6.45) is 4.50. The number of hydrogen-bond acceptors (Lipinski definition) is 12. The van der Waals surface area contributed by atoms with Crippen molar-refractivity contribution in [2.75, 3.05) is 24.1 Å². The molecule has 2 aromatic carbocycles. The minimum absolute atomic E-state index is 0.0167. The second-order valence-corrected chi connectivity index (χ2v) is 16.0. The molecule has 2 aliphatic carbocycles. The van der Waals surface area contributed by atoms with Crippen LogP contribution in [0.15, 0.2) is 48.8 Å². The molecule has 1 aromatic heterocycles. The fraction of sp³-hybridized carbons (Fsp3) is 0.474. The molecule has 0 N–H and O–H groups in total. The normalized spacial score (nSPS) is 15.1. The third-order valence-corrected chi connectivity index (χ3v) is 9.71. The van der Waals surface area contributed by atoms with Crippen LogP contribution >= 0.6 is 23.2 Å². The van der Waals surface area contributed by atoms with Crippen molar-refractivity contribution < 1.29 is 60.3 Å². The lowest BCUT2D eigenvalue weighted by Crippen LogP contribution is -2.36. The molecule has 304 valence electrons. The fourth-order valence-electron chi connectivity index (χ4n) is 5.27. The number of anilines is 1. The number of pyridine rings is 1. The lowest BCUT2D eigenvalue weighted by molar-refractivity contribution is -0.159. The van der Waals surface area contributed by atoms with Crippen molar-refractivity contribution >= 4 is 58.1 Å². The van der Waals surface area contributed by atoms with Gasteiger partial charge in [-0.25, -0.2) is 0 Å². The molecule has 5 rings (SSSR count). The monoisotopic (exact) mass is 841 g/mol. The third-order valence-electron chi connectivity index (χ3n) is 8.37. The largest absolute Gasteiger partial charge is 0.755 e. The van der Waals surface area contributed by atoms with Gasteiger partial charge in [0.25, 0.3) is 0 Å². The van der Waals surface area contributed by atoms with E-state index in [2.05, 4.69) is 9.72 Å². The number of aromatic nitrogens is 1. The predicted octanol–water partition coefficient (Wildman–Crippen LogP) is 7.47. The van der Waals surface area contributed by atoms with Crippen LogP contribution in [0.2, 0.25) is 10.0 Å². The Balaban J connectivity index is 1.29. The van der Waals surface area contributed by atoms with Gasteiger partial charge in [0.15, 0.2) is 11.5 Å². The molecule has 0 bridgehead atoms. The Hall–Kier alpha value is -4.25. The van der Waals surface area contributed by atoms with E-state index in [1.807, 2.05) is 0 Å². The first-order valence-corrected chi connectivity index (χ1v) is 19.5. The van der Waals surface area contributed by atoms with Gasteiger partial charge in [0.05, 0.1) is 28.9 Å². The van der Waals surface area contributed by atoms with Crippen molar-refractivity contribution in [3.8, 4) is 17.2 Å². The van der Waals surface area contributed by atoms with Gasteiger partial charge in [-0.15, -0.1) is 0 Å². The molecule has 0 radical (unpaired) electrons. The van der Waals surface area contributed by atoms with Crippen molar-refractivity contribution in [3.63, 3.8) is 0 Å². The minimum atomic E-state index is -3.11. The SMILES string of the molecule is CC(C)(C)OC(=O)CN(c1ccc(COC(=O)CC(=O)O[C@@H](Cc2c(Cl)cncc2Cl)c2ccc(OC(F)F)c(OCC3CC3)c2)cc1OCC1CC1)S(=O)[O-]. The highest BCUT2D eigenvalue weighted by Crippen LogP contribution is 2.39. The summed E-state index contributed by atoms with van der Waals surface area (Å²) in [7, 11) is 0. The van der Waals surface area contributed by atoms with Gasteiger partial charge in [0.2, 0.25) is 0 Å². The van der Waals surface area contributed by atoms with Crippen LogP contribution in [0.3, 0.4) is 0 Å². The average Bonchev–Trinajstić information content (AvgIpc) is 4.05. The number of esters is 3. The van der Waals surface area contributed by atoms with Crippen LogP contribution in [0, 0.1) is 11.8 Å². The standard InChI is InChI=1S/C38H42Cl2F2N2O11S/c1-38(2,3)55-36(47)18-44(56(48)49)29-10-8-24(12-32(29)50-19-22-4-5-22)21-52-34(45)15-35(46)53-31(14-26-27(39)16-43-17-28(26)40)25-9-11-30(54-37(41)42)33(13-25)51-20-23-6-7-23/h8-13,16-17,22-23,31,37H,4-7,14-15,18-21H2,1-3H3,(H,48,49)/p-1/t31-/m0/s1. The first-order valence-electron chi connectivity index (χ1n) is 17.7. The number of carbonyl (C=O) groups is 3. The number of nitrogens with zero attached hydrogens (tertiary/aromatic N) is 2. The highest BCUT2D eigenvalue weighted by atomic mass is 35.5. The maximum atomic E-state index is 13.2. The van der Waals surface area contributed by atoms with Crippen LogP contribution < -0.4 is 18.5 Å². The molecule has 0 spiro atoms. The van der Waals surface area contributed by atoms with Crippen LogP contribution in [0.4, 0.5) is 14.5 Å². The van der Waals surface area contributed by atoms with E-state index in [1.54, 1.807) is 20.8 Å². The van der Waals surface area contributed by atoms with Crippen molar-refractivity contribution in [1.29, 1.82) is 0 Å². The molecule has 2 fully saturated rings. The Labute approximate surface area is 335 Å². The van der Waals surface area contributed by atoms with Gasteiger partial charge in [-0.05, 0) is 99.2 Å². The molecule has 0 saturated heterocycles. The summed E-state index contributed by atoms with van der Waals surface area (Å²) >= 11 is 9.87. The lowest BCUT2D eigenvalue weighted by atomic mass is 10.0. The summed E-state index contributed by atoms with van der Waals surface area (Å²) in [6.45, 7) is 1.53. The Bertz CT molecular complexity index is 1890. The van der Waals surface area contributed by atoms with Gasteiger partial charge in [-0.1, -0.05) is 35.3 Å². The summed E-state index contributed by atoms with van der Waals surface area (Å²) < 4.78 is 84.5. The molecule has 2 saturated carbocycles. The van der Waals surface area contributed by atoms with Gasteiger partial charge in [0, 0.05) is 30.1 Å². The molecule has 1 heterocycles. The molecular weight excluding hydrogens is 801 g/mol. The Morgan fingerprint density at radius 1 is 0.911 bits per heavy atom. The molecule has 13 nitrogen and oxygen atoms in total. The van der Waals surface area contributed by atoms with E-state index in [4.69, 9.17) is 46.9 Å². The summed E-state index contributed by atoms with van der Waals surface area (Å²) in [4.78, 5) is 42.6. The molecular formula is C38H41Cl2F2N2O11S-. The van der Waals surface area contributed by atoms with E-state index in [0.29, 0.717) is 29.2 Å². The van der Waals surface area contributed by atoms with E-state index >= 15 is 0 Å². The van der Waals surface area contributed by atoms with Crippen LogP contribution in [0.25, 0.3) is 0 Å². The third kappa shape index (κ3) is 13.5. The van der Waals surface area contributed by atoms with Gasteiger partial charge >= 0.3 is 24.5 Å². The van der Waals surface area contributed by atoms with Crippen LogP contribution in [-0.4, -0.2) is 63.6 Å². The number of halogens is 4. The zero-order valence-electron chi connectivity index (χ0n) is 30.8. The molecule has 3 aromatic rings. The zero-order chi connectivity index (χ0) is 40.6. The Morgan fingerprint density at radius 2 is 1.55 bits per heavy atom. The molecule has 0 aliphatic heterocycles. The number of benzene rings is 2. The number of hydrogen-bond donors (Lipinski definition) is 0. The summed E-state index contributed by atoms with van der Waals surface area (Å²) in [5.74, 6) is -2.16. The number of alkyl halides is 2. The van der Waals surface area contributed by atoms with Crippen molar-refractivity contribution in [2.24, 2.45) is 11.8 Å². The van der Waals surface area contributed by atoms with Crippen molar-refractivity contribution in [3.05, 3.63) is 75.5 Å². The quantitative estimate of drug-likeness (QED) is 0.0478. The maximum Gasteiger partial charge on any atom is 0.387 e. The van der Waals surface area contributed by atoms with Crippen LogP contribution in [0.5, 0.6) is 17.2 Å². The highest BCUT2D eigenvalue weighted by molar-refractivity contribution is 7.80. The molecule has 2 atom stereocenters. The molecule has 2 aliphatic rings. The summed E-state index contributed by atoms with van der Waals surface area (Å²) in [6, 6.07) is 8.50. The van der Waals surface area contributed by atoms with Crippen molar-refractivity contribution in [1.82, 2.24) is 4.98 Å². The van der Waals surface area contributed by atoms with E-state index in [9.17, 15) is 31.9 Å². The maximum absolute atomic E-state index is 13.2. The minimum Gasteiger partial charge on any atom is -0.755 e. The smallest absolute Gasteiger partial charge is 0.387 e. The predicted molar refractivity (Wildman–Crippen MR) is 199 cm³/mol.